The minimum Gasteiger partial charge on any atom is -0.452 e. The van der Waals surface area contributed by atoms with Gasteiger partial charge < -0.3 is 10.1 Å². The van der Waals surface area contributed by atoms with Gasteiger partial charge >= 0.3 is 5.97 Å². The second-order valence-corrected chi connectivity index (χ2v) is 6.40. The zero-order valence-corrected chi connectivity index (χ0v) is 14.0. The Balaban J connectivity index is 1.86. The Morgan fingerprint density at radius 3 is 2.82 bits per heavy atom. The molecular weight excluding hydrogens is 373 g/mol. The van der Waals surface area contributed by atoms with Crippen molar-refractivity contribution in [1.29, 1.82) is 0 Å². The molecule has 2 rings (SSSR count). The van der Waals surface area contributed by atoms with E-state index in [1.54, 1.807) is 0 Å². The molecule has 22 heavy (non-hydrogen) atoms. The highest BCUT2D eigenvalue weighted by molar-refractivity contribution is 9.10. The Hall–Kier alpha value is -1.73. The van der Waals surface area contributed by atoms with Crippen molar-refractivity contribution in [3.63, 3.8) is 0 Å². The van der Waals surface area contributed by atoms with Gasteiger partial charge in [-0.25, -0.2) is 9.18 Å². The smallest absolute Gasteiger partial charge is 0.341 e. The number of thiophene rings is 1. The highest BCUT2D eigenvalue weighted by atomic mass is 79.9. The van der Waals surface area contributed by atoms with E-state index in [2.05, 4.69) is 21.2 Å². The number of ether oxygens (including phenoxy) is 1. The zero-order valence-electron chi connectivity index (χ0n) is 11.6. The van der Waals surface area contributed by atoms with Crippen LogP contribution in [0.5, 0.6) is 0 Å². The molecule has 1 aromatic heterocycles. The van der Waals surface area contributed by atoms with Gasteiger partial charge in [-0.05, 0) is 36.6 Å². The van der Waals surface area contributed by atoms with Gasteiger partial charge in [0.1, 0.15) is 5.82 Å². The molecule has 0 aliphatic carbocycles. The van der Waals surface area contributed by atoms with Crippen molar-refractivity contribution in [2.24, 2.45) is 0 Å². The van der Waals surface area contributed by atoms with Crippen molar-refractivity contribution in [3.05, 3.63) is 56.4 Å². The number of carbonyl (C=O) groups excluding carboxylic acids is 2. The van der Waals surface area contributed by atoms with Gasteiger partial charge in [0.2, 0.25) is 0 Å². The summed E-state index contributed by atoms with van der Waals surface area (Å²) in [5.74, 6) is -2.01. The van der Waals surface area contributed by atoms with Crippen LogP contribution in [0.15, 0.2) is 40.2 Å². The number of nitrogens with one attached hydrogen (secondary N) is 1. The number of carbonyl (C=O) groups is 2. The molecule has 1 aromatic carbocycles. The van der Waals surface area contributed by atoms with Crippen molar-refractivity contribution in [1.82, 2.24) is 5.32 Å². The maximum atomic E-state index is 13.6. The topological polar surface area (TPSA) is 55.4 Å². The summed E-state index contributed by atoms with van der Waals surface area (Å²) >= 11 is 4.62. The first-order valence-electron chi connectivity index (χ1n) is 6.42. The lowest BCUT2D eigenvalue weighted by molar-refractivity contribution is -0.124. The molecule has 4 nitrogen and oxygen atoms in total. The quantitative estimate of drug-likeness (QED) is 0.798. The number of benzene rings is 1. The molecule has 2 aromatic rings. The van der Waals surface area contributed by atoms with Crippen LogP contribution in [0.4, 0.5) is 4.39 Å². The van der Waals surface area contributed by atoms with E-state index < -0.39 is 24.3 Å². The fraction of sp³-hybridized carbons (Fsp3) is 0.200. The van der Waals surface area contributed by atoms with E-state index in [1.807, 2.05) is 24.4 Å². The fourth-order valence-electron chi connectivity index (χ4n) is 1.76. The van der Waals surface area contributed by atoms with Gasteiger partial charge in [0, 0.05) is 9.35 Å². The third kappa shape index (κ3) is 4.38. The van der Waals surface area contributed by atoms with Crippen LogP contribution in [0.1, 0.15) is 28.2 Å². The van der Waals surface area contributed by atoms with Gasteiger partial charge in [-0.15, -0.1) is 11.3 Å². The summed E-state index contributed by atoms with van der Waals surface area (Å²) in [5.41, 5.74) is -0.206. The van der Waals surface area contributed by atoms with Crippen LogP contribution in [0, 0.1) is 5.82 Å². The number of rotatable bonds is 5. The van der Waals surface area contributed by atoms with Gasteiger partial charge in [0.15, 0.2) is 6.61 Å². The highest BCUT2D eigenvalue weighted by Crippen LogP contribution is 2.18. The Kier molecular flexibility index (Phi) is 5.68. The van der Waals surface area contributed by atoms with Gasteiger partial charge in [0.25, 0.3) is 5.91 Å². The molecule has 7 heteroatoms. The summed E-state index contributed by atoms with van der Waals surface area (Å²) in [5, 5.41) is 4.62. The molecule has 0 fully saturated rings. The van der Waals surface area contributed by atoms with Crippen LogP contribution >= 0.6 is 27.3 Å². The highest BCUT2D eigenvalue weighted by Gasteiger charge is 2.16. The second-order valence-electron chi connectivity index (χ2n) is 4.50. The minimum atomic E-state index is -0.871. The Bertz CT molecular complexity index is 675. The number of esters is 1. The summed E-state index contributed by atoms with van der Waals surface area (Å²) in [6, 6.07) is 7.61. The normalized spacial score (nSPS) is 11.8. The van der Waals surface area contributed by atoms with Gasteiger partial charge in [-0.3, -0.25) is 4.79 Å². The number of amides is 1. The van der Waals surface area contributed by atoms with Crippen LogP contribution in [-0.4, -0.2) is 18.5 Å². The van der Waals surface area contributed by atoms with Gasteiger partial charge in [-0.1, -0.05) is 22.0 Å². The molecule has 0 saturated heterocycles. The first-order chi connectivity index (χ1) is 10.5. The van der Waals surface area contributed by atoms with Crippen molar-refractivity contribution < 1.29 is 18.7 Å². The SMILES string of the molecule is C[C@H](NC(=O)COC(=O)c1ccc(Br)cc1F)c1cccs1. The second kappa shape index (κ2) is 7.51. The van der Waals surface area contributed by atoms with E-state index in [4.69, 9.17) is 4.74 Å². The summed E-state index contributed by atoms with van der Waals surface area (Å²) in [6.07, 6.45) is 0. The Morgan fingerprint density at radius 2 is 2.18 bits per heavy atom. The zero-order chi connectivity index (χ0) is 16.1. The predicted molar refractivity (Wildman–Crippen MR) is 85.3 cm³/mol. The van der Waals surface area contributed by atoms with E-state index in [0.29, 0.717) is 4.47 Å². The average molecular weight is 386 g/mol. The lowest BCUT2D eigenvalue weighted by atomic mass is 10.2. The Morgan fingerprint density at radius 1 is 1.41 bits per heavy atom. The van der Waals surface area contributed by atoms with Gasteiger partial charge in [-0.2, -0.15) is 0 Å². The van der Waals surface area contributed by atoms with E-state index in [9.17, 15) is 14.0 Å². The van der Waals surface area contributed by atoms with Crippen LogP contribution in [0.3, 0.4) is 0 Å². The molecule has 0 spiro atoms. The molecule has 0 aliphatic heterocycles. The van der Waals surface area contributed by atoms with Crippen molar-refractivity contribution in [2.75, 3.05) is 6.61 Å². The molecule has 1 amide bonds. The van der Waals surface area contributed by atoms with E-state index in [0.717, 1.165) is 10.9 Å². The molecule has 0 saturated carbocycles. The first-order valence-corrected chi connectivity index (χ1v) is 8.09. The maximum Gasteiger partial charge on any atom is 0.341 e. The first kappa shape index (κ1) is 16.6. The standard InChI is InChI=1S/C15H13BrFNO3S/c1-9(13-3-2-6-22-13)18-14(19)8-21-15(20)11-5-4-10(16)7-12(11)17/h2-7,9H,8H2,1H3,(H,18,19)/t9-/m0/s1. The summed E-state index contributed by atoms with van der Waals surface area (Å²) in [4.78, 5) is 24.5. The van der Waals surface area contributed by atoms with Crippen LogP contribution in [-0.2, 0) is 9.53 Å². The van der Waals surface area contributed by atoms with Crippen molar-refractivity contribution in [3.8, 4) is 0 Å². The third-order valence-electron chi connectivity index (χ3n) is 2.83. The summed E-state index contributed by atoms with van der Waals surface area (Å²) in [6.45, 7) is 1.38. The lowest BCUT2D eigenvalue weighted by Gasteiger charge is -2.12. The maximum absolute atomic E-state index is 13.6. The van der Waals surface area contributed by atoms with E-state index in [-0.39, 0.29) is 11.6 Å². The molecule has 116 valence electrons. The Labute approximate surface area is 139 Å². The summed E-state index contributed by atoms with van der Waals surface area (Å²) < 4.78 is 18.9. The van der Waals surface area contributed by atoms with Crippen LogP contribution < -0.4 is 5.32 Å². The van der Waals surface area contributed by atoms with E-state index >= 15 is 0 Å². The monoisotopic (exact) mass is 385 g/mol. The third-order valence-corrected chi connectivity index (χ3v) is 4.38. The van der Waals surface area contributed by atoms with Crippen molar-refractivity contribution in [2.45, 2.75) is 13.0 Å². The molecular formula is C15H13BrFNO3S. The average Bonchev–Trinajstić information content (AvgIpc) is 2.99. The number of hydrogen-bond donors (Lipinski definition) is 1. The molecule has 0 bridgehead atoms. The largest absolute Gasteiger partial charge is 0.452 e. The molecule has 1 atom stereocenters. The fourth-order valence-corrected chi connectivity index (χ4v) is 2.82. The van der Waals surface area contributed by atoms with E-state index in [1.165, 1.54) is 23.5 Å². The summed E-state index contributed by atoms with van der Waals surface area (Å²) in [7, 11) is 0. The molecule has 0 radical (unpaired) electrons. The molecule has 0 aliphatic rings. The molecule has 1 N–H and O–H groups in total. The number of hydrogen-bond acceptors (Lipinski definition) is 4. The lowest BCUT2D eigenvalue weighted by Crippen LogP contribution is -2.30. The van der Waals surface area contributed by atoms with Crippen molar-refractivity contribution >= 4 is 39.1 Å². The van der Waals surface area contributed by atoms with Crippen LogP contribution in [0.2, 0.25) is 0 Å². The number of halogens is 2. The van der Waals surface area contributed by atoms with Gasteiger partial charge in [0.05, 0.1) is 11.6 Å². The molecule has 1 heterocycles. The predicted octanol–water partition coefficient (Wildman–Crippen LogP) is 3.68. The minimum absolute atomic E-state index is 0.171. The van der Waals surface area contributed by atoms with Crippen LogP contribution in [0.25, 0.3) is 0 Å². The molecule has 0 unspecified atom stereocenters.